The van der Waals surface area contributed by atoms with Gasteiger partial charge in [0.15, 0.2) is 0 Å². The number of nitrogens with one attached hydrogen (secondary N) is 2. The highest BCUT2D eigenvalue weighted by Crippen LogP contribution is 2.24. The van der Waals surface area contributed by atoms with Gasteiger partial charge in [0, 0.05) is 18.0 Å². The van der Waals surface area contributed by atoms with Crippen LogP contribution in [-0.4, -0.2) is 15.9 Å². The van der Waals surface area contributed by atoms with Gasteiger partial charge in [-0.3, -0.25) is 4.79 Å². The van der Waals surface area contributed by atoms with Gasteiger partial charge < -0.3 is 10.3 Å². The standard InChI is InChI=1S/C17H21N3O/c1-11(13-6-4-3-5-7-13)18-17(21)14-8-9-15-16(10-14)20-12(2)19-15/h3-7,11,14H,8-10H2,1-2H3,(H,18,21)(H,19,20). The Balaban J connectivity index is 1.64. The van der Waals surface area contributed by atoms with Crippen LogP contribution in [0.2, 0.25) is 0 Å². The van der Waals surface area contributed by atoms with E-state index in [0.717, 1.165) is 42.0 Å². The van der Waals surface area contributed by atoms with E-state index in [9.17, 15) is 4.79 Å². The molecule has 1 aliphatic carbocycles. The number of H-pyrrole nitrogens is 1. The van der Waals surface area contributed by atoms with Gasteiger partial charge in [-0.25, -0.2) is 4.98 Å². The normalized spacial score (nSPS) is 18.9. The number of benzene rings is 1. The minimum atomic E-state index is 0.0449. The number of fused-ring (bicyclic) bond motifs is 1. The molecule has 1 amide bonds. The zero-order valence-corrected chi connectivity index (χ0v) is 12.5. The number of carbonyl (C=O) groups is 1. The average molecular weight is 283 g/mol. The summed E-state index contributed by atoms with van der Waals surface area (Å²) >= 11 is 0. The highest BCUT2D eigenvalue weighted by atomic mass is 16.1. The van der Waals surface area contributed by atoms with Crippen molar-refractivity contribution >= 4 is 5.91 Å². The van der Waals surface area contributed by atoms with Crippen molar-refractivity contribution in [1.29, 1.82) is 0 Å². The number of nitrogens with zero attached hydrogens (tertiary/aromatic N) is 1. The lowest BCUT2D eigenvalue weighted by Crippen LogP contribution is -2.35. The molecule has 4 nitrogen and oxygen atoms in total. The fourth-order valence-electron chi connectivity index (χ4n) is 3.00. The molecule has 2 atom stereocenters. The van der Waals surface area contributed by atoms with Crippen LogP contribution < -0.4 is 5.32 Å². The summed E-state index contributed by atoms with van der Waals surface area (Å²) in [6.45, 7) is 3.99. The van der Waals surface area contributed by atoms with Gasteiger partial charge in [0.05, 0.1) is 11.7 Å². The fourth-order valence-corrected chi connectivity index (χ4v) is 3.00. The van der Waals surface area contributed by atoms with Crippen LogP contribution in [0.25, 0.3) is 0 Å². The van der Waals surface area contributed by atoms with Crippen LogP contribution in [-0.2, 0) is 17.6 Å². The van der Waals surface area contributed by atoms with Crippen LogP contribution in [0.4, 0.5) is 0 Å². The fraction of sp³-hybridized carbons (Fsp3) is 0.412. The van der Waals surface area contributed by atoms with Gasteiger partial charge in [0.1, 0.15) is 5.82 Å². The molecule has 2 N–H and O–H groups in total. The number of aromatic amines is 1. The first-order chi connectivity index (χ1) is 10.1. The highest BCUT2D eigenvalue weighted by molar-refractivity contribution is 5.79. The van der Waals surface area contributed by atoms with Crippen molar-refractivity contribution in [2.75, 3.05) is 0 Å². The Bertz CT molecular complexity index is 633. The van der Waals surface area contributed by atoms with Gasteiger partial charge in [0.25, 0.3) is 0 Å². The molecule has 0 radical (unpaired) electrons. The number of imidazole rings is 1. The predicted octanol–water partition coefficient (Wildman–Crippen LogP) is 2.70. The summed E-state index contributed by atoms with van der Waals surface area (Å²) in [7, 11) is 0. The summed E-state index contributed by atoms with van der Waals surface area (Å²) in [4.78, 5) is 20.2. The second kappa shape index (κ2) is 5.72. The summed E-state index contributed by atoms with van der Waals surface area (Å²) in [5.74, 6) is 1.13. The van der Waals surface area contributed by atoms with E-state index in [1.165, 1.54) is 0 Å². The van der Waals surface area contributed by atoms with E-state index in [1.54, 1.807) is 0 Å². The molecule has 1 aromatic heterocycles. The zero-order valence-electron chi connectivity index (χ0n) is 12.5. The Morgan fingerprint density at radius 1 is 1.38 bits per heavy atom. The second-order valence-electron chi connectivity index (χ2n) is 5.83. The van der Waals surface area contributed by atoms with Crippen LogP contribution in [0.5, 0.6) is 0 Å². The van der Waals surface area contributed by atoms with E-state index in [0.29, 0.717) is 0 Å². The van der Waals surface area contributed by atoms with Crippen molar-refractivity contribution in [3.8, 4) is 0 Å². The topological polar surface area (TPSA) is 57.8 Å². The summed E-state index contributed by atoms with van der Waals surface area (Å²) in [6, 6.07) is 10.1. The third kappa shape index (κ3) is 2.99. The van der Waals surface area contributed by atoms with Crippen LogP contribution >= 0.6 is 0 Å². The molecule has 4 heteroatoms. The third-order valence-electron chi connectivity index (χ3n) is 4.19. The van der Waals surface area contributed by atoms with Crippen LogP contribution in [0.3, 0.4) is 0 Å². The SMILES string of the molecule is Cc1nc2c([nH]1)CC(C(=O)NC(C)c1ccccc1)CC2. The Hall–Kier alpha value is -2.10. The monoisotopic (exact) mass is 283 g/mol. The number of aromatic nitrogens is 2. The maximum atomic E-state index is 12.5. The molecular formula is C17H21N3O. The molecule has 3 rings (SSSR count). The Morgan fingerprint density at radius 3 is 2.90 bits per heavy atom. The zero-order chi connectivity index (χ0) is 14.8. The Kier molecular flexibility index (Phi) is 3.78. The molecule has 0 saturated carbocycles. The summed E-state index contributed by atoms with van der Waals surface area (Å²) < 4.78 is 0. The average Bonchev–Trinajstić information content (AvgIpc) is 2.87. The summed E-state index contributed by atoms with van der Waals surface area (Å²) in [6.07, 6.45) is 2.53. The molecule has 0 bridgehead atoms. The molecule has 1 heterocycles. The van der Waals surface area contributed by atoms with Crippen molar-refractivity contribution in [3.63, 3.8) is 0 Å². The van der Waals surface area contributed by atoms with E-state index < -0.39 is 0 Å². The summed E-state index contributed by atoms with van der Waals surface area (Å²) in [5.41, 5.74) is 3.40. The minimum absolute atomic E-state index is 0.0449. The lowest BCUT2D eigenvalue weighted by Gasteiger charge is -2.23. The molecule has 0 spiro atoms. The quantitative estimate of drug-likeness (QED) is 0.910. The first-order valence-electron chi connectivity index (χ1n) is 7.53. The van der Waals surface area contributed by atoms with Crippen molar-refractivity contribution in [2.24, 2.45) is 5.92 Å². The number of aryl methyl sites for hydroxylation is 2. The Labute approximate surface area is 125 Å². The largest absolute Gasteiger partial charge is 0.349 e. The molecule has 1 aliphatic rings. The predicted molar refractivity (Wildman–Crippen MR) is 81.8 cm³/mol. The number of hydrogen-bond donors (Lipinski definition) is 2. The molecule has 0 saturated heterocycles. The van der Waals surface area contributed by atoms with E-state index in [-0.39, 0.29) is 17.9 Å². The highest BCUT2D eigenvalue weighted by Gasteiger charge is 2.27. The van der Waals surface area contributed by atoms with Crippen LogP contribution in [0.1, 0.15) is 42.2 Å². The van der Waals surface area contributed by atoms with Gasteiger partial charge in [-0.15, -0.1) is 0 Å². The molecule has 2 aromatic rings. The van der Waals surface area contributed by atoms with Crippen molar-refractivity contribution in [1.82, 2.24) is 15.3 Å². The molecule has 2 unspecified atom stereocenters. The minimum Gasteiger partial charge on any atom is -0.349 e. The number of rotatable bonds is 3. The summed E-state index contributed by atoms with van der Waals surface area (Å²) in [5, 5.41) is 3.13. The van der Waals surface area contributed by atoms with E-state index in [1.807, 2.05) is 44.2 Å². The maximum absolute atomic E-state index is 12.5. The lowest BCUT2D eigenvalue weighted by molar-refractivity contribution is -0.126. The second-order valence-corrected chi connectivity index (χ2v) is 5.83. The van der Waals surface area contributed by atoms with Gasteiger partial charge in [-0.1, -0.05) is 30.3 Å². The maximum Gasteiger partial charge on any atom is 0.223 e. The molecule has 21 heavy (non-hydrogen) atoms. The molecule has 110 valence electrons. The van der Waals surface area contributed by atoms with Crippen LogP contribution in [0, 0.1) is 12.8 Å². The van der Waals surface area contributed by atoms with Crippen LogP contribution in [0.15, 0.2) is 30.3 Å². The first-order valence-corrected chi connectivity index (χ1v) is 7.53. The molecule has 1 aromatic carbocycles. The number of amides is 1. The molecule has 0 fully saturated rings. The van der Waals surface area contributed by atoms with E-state index in [2.05, 4.69) is 15.3 Å². The first kappa shape index (κ1) is 13.9. The van der Waals surface area contributed by atoms with Crippen molar-refractivity contribution in [2.45, 2.75) is 39.2 Å². The van der Waals surface area contributed by atoms with E-state index >= 15 is 0 Å². The van der Waals surface area contributed by atoms with E-state index in [4.69, 9.17) is 0 Å². The smallest absolute Gasteiger partial charge is 0.223 e. The van der Waals surface area contributed by atoms with Gasteiger partial charge in [0.2, 0.25) is 5.91 Å². The number of carbonyl (C=O) groups excluding carboxylic acids is 1. The van der Waals surface area contributed by atoms with Crippen molar-refractivity contribution < 1.29 is 4.79 Å². The van der Waals surface area contributed by atoms with Gasteiger partial charge in [-0.05, 0) is 32.3 Å². The van der Waals surface area contributed by atoms with Gasteiger partial charge in [-0.2, -0.15) is 0 Å². The van der Waals surface area contributed by atoms with Crippen molar-refractivity contribution in [3.05, 3.63) is 53.1 Å². The molecule has 0 aliphatic heterocycles. The van der Waals surface area contributed by atoms with Gasteiger partial charge >= 0.3 is 0 Å². The number of hydrogen-bond acceptors (Lipinski definition) is 2. The third-order valence-corrected chi connectivity index (χ3v) is 4.19. The lowest BCUT2D eigenvalue weighted by atomic mass is 9.89. The molecular weight excluding hydrogens is 262 g/mol. The Morgan fingerprint density at radius 2 is 2.14 bits per heavy atom.